The Morgan fingerprint density at radius 1 is 0.905 bits per heavy atom. The Balaban J connectivity index is 1.97. The molecule has 0 bridgehead atoms. The van der Waals surface area contributed by atoms with Crippen LogP contribution in [0.15, 0.2) is 54.6 Å². The van der Waals surface area contributed by atoms with Gasteiger partial charge < -0.3 is 10.6 Å². The summed E-state index contributed by atoms with van der Waals surface area (Å²) in [7, 11) is 0. The van der Waals surface area contributed by atoms with Gasteiger partial charge in [0.1, 0.15) is 0 Å². The van der Waals surface area contributed by atoms with Gasteiger partial charge in [-0.15, -0.1) is 0 Å². The van der Waals surface area contributed by atoms with E-state index in [4.69, 9.17) is 0 Å². The minimum atomic E-state index is -0.188. The third-order valence-corrected chi connectivity index (χ3v) is 3.46. The van der Waals surface area contributed by atoms with Gasteiger partial charge in [-0.25, -0.2) is 4.79 Å². The highest BCUT2D eigenvalue weighted by Crippen LogP contribution is 2.18. The average molecular weight is 282 g/mol. The van der Waals surface area contributed by atoms with Gasteiger partial charge in [0, 0.05) is 5.69 Å². The maximum absolute atomic E-state index is 12.1. The van der Waals surface area contributed by atoms with E-state index in [9.17, 15) is 4.79 Å². The molecule has 2 N–H and O–H groups in total. The molecule has 110 valence electrons. The van der Waals surface area contributed by atoms with Crippen LogP contribution in [-0.4, -0.2) is 6.03 Å². The maximum atomic E-state index is 12.1. The van der Waals surface area contributed by atoms with Crippen molar-refractivity contribution in [3.63, 3.8) is 0 Å². The molecular formula is C18H22N2O. The van der Waals surface area contributed by atoms with Crippen molar-refractivity contribution in [2.75, 3.05) is 5.32 Å². The predicted octanol–water partition coefficient (Wildman–Crippen LogP) is 4.69. The van der Waals surface area contributed by atoms with Crippen molar-refractivity contribution in [2.24, 2.45) is 0 Å². The van der Waals surface area contributed by atoms with E-state index >= 15 is 0 Å². The molecule has 0 radical (unpaired) electrons. The molecule has 2 amide bonds. The number of hydrogen-bond donors (Lipinski definition) is 2. The van der Waals surface area contributed by atoms with E-state index in [1.165, 1.54) is 5.56 Å². The fourth-order valence-corrected chi connectivity index (χ4v) is 2.16. The summed E-state index contributed by atoms with van der Waals surface area (Å²) in [6.07, 6.45) is 0. The molecule has 0 aliphatic carbocycles. The maximum Gasteiger partial charge on any atom is 0.319 e. The summed E-state index contributed by atoms with van der Waals surface area (Å²) in [5, 5.41) is 5.83. The van der Waals surface area contributed by atoms with Gasteiger partial charge in [-0.05, 0) is 36.1 Å². The minimum absolute atomic E-state index is 0.0283. The first kappa shape index (κ1) is 15.1. The standard InChI is InChI=1S/C18H22N2O/c1-13(2)16-10-7-11-17(12-16)20-18(21)19-14(3)15-8-5-4-6-9-15/h4-14H,1-3H3,(H2,19,20,21)/t14-/m1/s1. The van der Waals surface area contributed by atoms with E-state index in [1.807, 2.05) is 55.5 Å². The third-order valence-electron chi connectivity index (χ3n) is 3.46. The van der Waals surface area contributed by atoms with E-state index in [0.29, 0.717) is 5.92 Å². The molecule has 1 atom stereocenters. The third kappa shape index (κ3) is 4.35. The molecule has 0 saturated carbocycles. The van der Waals surface area contributed by atoms with E-state index in [2.05, 4.69) is 30.5 Å². The van der Waals surface area contributed by atoms with Crippen LogP contribution in [0.1, 0.15) is 43.9 Å². The minimum Gasteiger partial charge on any atom is -0.331 e. The van der Waals surface area contributed by atoms with Crippen molar-refractivity contribution in [1.29, 1.82) is 0 Å². The van der Waals surface area contributed by atoms with Crippen LogP contribution in [0.2, 0.25) is 0 Å². The Hall–Kier alpha value is -2.29. The quantitative estimate of drug-likeness (QED) is 0.839. The zero-order valence-corrected chi connectivity index (χ0v) is 12.8. The van der Waals surface area contributed by atoms with Crippen LogP contribution in [0.5, 0.6) is 0 Å². The fraction of sp³-hybridized carbons (Fsp3) is 0.278. The van der Waals surface area contributed by atoms with Gasteiger partial charge in [-0.3, -0.25) is 0 Å². The normalized spacial score (nSPS) is 12.0. The molecule has 3 nitrogen and oxygen atoms in total. The monoisotopic (exact) mass is 282 g/mol. The van der Waals surface area contributed by atoms with Crippen LogP contribution in [0.25, 0.3) is 0 Å². The van der Waals surface area contributed by atoms with Crippen molar-refractivity contribution in [1.82, 2.24) is 5.32 Å². The predicted molar refractivity (Wildman–Crippen MR) is 87.5 cm³/mol. The molecule has 0 fully saturated rings. The zero-order valence-electron chi connectivity index (χ0n) is 12.8. The lowest BCUT2D eigenvalue weighted by Gasteiger charge is -2.15. The summed E-state index contributed by atoms with van der Waals surface area (Å²) in [5.74, 6) is 0.443. The molecule has 21 heavy (non-hydrogen) atoms. The molecule has 0 aliphatic heterocycles. The molecule has 3 heteroatoms. The van der Waals surface area contributed by atoms with Crippen molar-refractivity contribution < 1.29 is 4.79 Å². The van der Waals surface area contributed by atoms with Gasteiger partial charge in [0.15, 0.2) is 0 Å². The Kier molecular flexibility index (Phi) is 4.99. The first-order valence-corrected chi connectivity index (χ1v) is 7.28. The van der Waals surface area contributed by atoms with Gasteiger partial charge >= 0.3 is 6.03 Å². The van der Waals surface area contributed by atoms with Crippen molar-refractivity contribution in [3.8, 4) is 0 Å². The van der Waals surface area contributed by atoms with Crippen molar-refractivity contribution in [2.45, 2.75) is 32.7 Å². The van der Waals surface area contributed by atoms with Crippen LogP contribution in [0.4, 0.5) is 10.5 Å². The fourth-order valence-electron chi connectivity index (χ4n) is 2.16. The van der Waals surface area contributed by atoms with E-state index < -0.39 is 0 Å². The lowest BCUT2D eigenvalue weighted by atomic mass is 10.0. The summed E-state index contributed by atoms with van der Waals surface area (Å²) in [6.45, 7) is 6.24. The van der Waals surface area contributed by atoms with Gasteiger partial charge in [0.2, 0.25) is 0 Å². The summed E-state index contributed by atoms with van der Waals surface area (Å²) >= 11 is 0. The van der Waals surface area contributed by atoms with Crippen LogP contribution in [-0.2, 0) is 0 Å². The van der Waals surface area contributed by atoms with Crippen molar-refractivity contribution >= 4 is 11.7 Å². The van der Waals surface area contributed by atoms with Crippen LogP contribution < -0.4 is 10.6 Å². The van der Waals surface area contributed by atoms with E-state index in [1.54, 1.807) is 0 Å². The number of amides is 2. The van der Waals surface area contributed by atoms with Gasteiger partial charge in [0.25, 0.3) is 0 Å². The number of nitrogens with one attached hydrogen (secondary N) is 2. The number of carbonyl (C=O) groups excluding carboxylic acids is 1. The molecule has 0 saturated heterocycles. The Morgan fingerprint density at radius 2 is 1.57 bits per heavy atom. The van der Waals surface area contributed by atoms with Gasteiger partial charge in [-0.2, -0.15) is 0 Å². The average Bonchev–Trinajstić information content (AvgIpc) is 2.48. The Bertz CT molecular complexity index is 593. The molecule has 0 unspecified atom stereocenters. The first-order valence-electron chi connectivity index (χ1n) is 7.28. The molecule has 2 rings (SSSR count). The SMILES string of the molecule is CC(C)c1cccc(NC(=O)N[C@H](C)c2ccccc2)c1. The highest BCUT2D eigenvalue weighted by Gasteiger charge is 2.09. The molecule has 0 aromatic heterocycles. The number of anilines is 1. The van der Waals surface area contributed by atoms with E-state index in [0.717, 1.165) is 11.3 Å². The molecule has 2 aromatic carbocycles. The highest BCUT2D eigenvalue weighted by atomic mass is 16.2. The van der Waals surface area contributed by atoms with E-state index in [-0.39, 0.29) is 12.1 Å². The number of benzene rings is 2. The summed E-state index contributed by atoms with van der Waals surface area (Å²) in [6, 6.07) is 17.6. The number of carbonyl (C=O) groups is 1. The van der Waals surface area contributed by atoms with Crippen LogP contribution in [0.3, 0.4) is 0 Å². The smallest absolute Gasteiger partial charge is 0.319 e. The summed E-state index contributed by atoms with van der Waals surface area (Å²) < 4.78 is 0. The van der Waals surface area contributed by atoms with Gasteiger partial charge in [-0.1, -0.05) is 56.3 Å². The van der Waals surface area contributed by atoms with Crippen LogP contribution >= 0.6 is 0 Å². The lowest BCUT2D eigenvalue weighted by Crippen LogP contribution is -2.31. The zero-order chi connectivity index (χ0) is 15.2. The highest BCUT2D eigenvalue weighted by molar-refractivity contribution is 5.89. The second-order valence-corrected chi connectivity index (χ2v) is 5.51. The Labute approximate surface area is 126 Å². The largest absolute Gasteiger partial charge is 0.331 e. The topological polar surface area (TPSA) is 41.1 Å². The van der Waals surface area contributed by atoms with Crippen LogP contribution in [0, 0.1) is 0 Å². The molecule has 2 aromatic rings. The van der Waals surface area contributed by atoms with Gasteiger partial charge in [0.05, 0.1) is 6.04 Å². The van der Waals surface area contributed by atoms with Crippen molar-refractivity contribution in [3.05, 3.63) is 65.7 Å². The Morgan fingerprint density at radius 3 is 2.24 bits per heavy atom. The second kappa shape index (κ2) is 6.93. The number of hydrogen-bond acceptors (Lipinski definition) is 1. The molecular weight excluding hydrogens is 260 g/mol. The number of urea groups is 1. The lowest BCUT2D eigenvalue weighted by molar-refractivity contribution is 0.249. The summed E-state index contributed by atoms with van der Waals surface area (Å²) in [5.41, 5.74) is 3.12. The summed E-state index contributed by atoms with van der Waals surface area (Å²) in [4.78, 5) is 12.1. The second-order valence-electron chi connectivity index (χ2n) is 5.51. The molecule has 0 aliphatic rings. The molecule has 0 heterocycles. The first-order chi connectivity index (χ1) is 10.1. The molecule has 0 spiro atoms. The number of rotatable bonds is 4.